The molecule has 8 heteroatoms. The number of aryl methyl sites for hydroxylation is 1. The fourth-order valence-electron chi connectivity index (χ4n) is 4.04. The Hall–Kier alpha value is -4.23. The molecule has 0 unspecified atom stereocenters. The van der Waals surface area contributed by atoms with Gasteiger partial charge in [-0.2, -0.15) is 9.67 Å². The second-order valence-corrected chi connectivity index (χ2v) is 8.09. The van der Waals surface area contributed by atoms with E-state index < -0.39 is 17.7 Å². The van der Waals surface area contributed by atoms with Crippen molar-refractivity contribution in [2.75, 3.05) is 4.90 Å². The summed E-state index contributed by atoms with van der Waals surface area (Å²) < 4.78 is 2.81. The lowest BCUT2D eigenvalue weighted by atomic mass is 10.0. The second-order valence-electron chi connectivity index (χ2n) is 7.66. The Morgan fingerprint density at radius 1 is 0.882 bits per heavy atom. The summed E-state index contributed by atoms with van der Waals surface area (Å²) in [5.41, 5.74) is 1.64. The molecule has 168 valence electrons. The molecule has 0 atom stereocenters. The predicted octanol–water partition coefficient (Wildman–Crippen LogP) is 3.39. The fourth-order valence-corrected chi connectivity index (χ4v) is 4.17. The van der Waals surface area contributed by atoms with Crippen LogP contribution in [0.5, 0.6) is 5.88 Å². The third-order valence-corrected chi connectivity index (χ3v) is 5.87. The van der Waals surface area contributed by atoms with Crippen molar-refractivity contribution < 1.29 is 19.3 Å². The van der Waals surface area contributed by atoms with E-state index in [1.807, 2.05) is 13.0 Å². The van der Waals surface area contributed by atoms with Gasteiger partial charge in [0, 0.05) is 22.7 Å². The van der Waals surface area contributed by atoms with Gasteiger partial charge in [0.15, 0.2) is 12.4 Å². The zero-order chi connectivity index (χ0) is 23.8. The number of carbonyl (C=O) groups excluding carboxylic acids is 2. The molecular weight excluding hydrogens is 452 g/mol. The van der Waals surface area contributed by atoms with Crippen molar-refractivity contribution in [3.05, 3.63) is 101 Å². The highest BCUT2D eigenvalue weighted by atomic mass is 35.5. The summed E-state index contributed by atoms with van der Waals surface area (Å²) in [6.07, 6.45) is 3.75. The molecule has 0 saturated carbocycles. The second kappa shape index (κ2) is 8.61. The largest absolute Gasteiger partial charge is 0.858 e. The molecule has 2 aromatic heterocycles. The Bertz CT molecular complexity index is 1430. The first kappa shape index (κ1) is 21.6. The molecule has 0 spiro atoms. The van der Waals surface area contributed by atoms with Crippen LogP contribution in [0.15, 0.2) is 85.2 Å². The average molecular weight is 471 g/mol. The van der Waals surface area contributed by atoms with Crippen molar-refractivity contribution >= 4 is 40.4 Å². The van der Waals surface area contributed by atoms with E-state index in [1.54, 1.807) is 83.7 Å². The summed E-state index contributed by atoms with van der Waals surface area (Å²) in [6, 6.07) is 20.7. The van der Waals surface area contributed by atoms with Gasteiger partial charge in [0.2, 0.25) is 0 Å². The molecule has 34 heavy (non-hydrogen) atoms. The Kier molecular flexibility index (Phi) is 5.47. The highest BCUT2D eigenvalue weighted by molar-refractivity contribution is 6.53. The van der Waals surface area contributed by atoms with E-state index in [9.17, 15) is 14.7 Å². The van der Waals surface area contributed by atoms with Crippen molar-refractivity contribution in [1.29, 1.82) is 0 Å². The van der Waals surface area contributed by atoms with Gasteiger partial charge in [0.1, 0.15) is 5.57 Å². The third kappa shape index (κ3) is 3.47. The number of hydrogen-bond donors (Lipinski definition) is 0. The number of carbonyl (C=O) groups is 2. The number of hydrogen-bond acceptors (Lipinski definition) is 4. The number of pyridine rings is 1. The van der Waals surface area contributed by atoms with Crippen molar-refractivity contribution in [3.8, 4) is 11.6 Å². The van der Waals surface area contributed by atoms with Gasteiger partial charge in [-0.05, 0) is 48.7 Å². The van der Waals surface area contributed by atoms with Crippen LogP contribution in [0.4, 0.5) is 5.69 Å². The normalized spacial score (nSPS) is 13.8. The van der Waals surface area contributed by atoms with Crippen LogP contribution in [0, 0.1) is 0 Å². The molecule has 4 aromatic rings. The predicted molar refractivity (Wildman–Crippen MR) is 126 cm³/mol. The van der Waals surface area contributed by atoms with E-state index in [0.717, 1.165) is 4.90 Å². The smallest absolute Gasteiger partial charge is 0.331 e. The lowest BCUT2D eigenvalue weighted by molar-refractivity contribution is -0.576. The van der Waals surface area contributed by atoms with E-state index in [2.05, 4.69) is 5.10 Å². The number of amides is 2. The van der Waals surface area contributed by atoms with Gasteiger partial charge in [-0.3, -0.25) is 9.59 Å². The zero-order valence-electron chi connectivity index (χ0n) is 18.2. The Morgan fingerprint density at radius 3 is 2.18 bits per heavy atom. The van der Waals surface area contributed by atoms with Crippen LogP contribution in [-0.2, 0) is 16.0 Å². The van der Waals surface area contributed by atoms with E-state index >= 15 is 0 Å². The van der Waals surface area contributed by atoms with E-state index in [0.29, 0.717) is 28.5 Å². The lowest BCUT2D eigenvalue weighted by Crippen LogP contribution is -2.39. The molecular formula is C26H19ClN4O3. The number of para-hydroxylation sites is 1. The number of halogens is 1. The molecule has 5 rings (SSSR count). The molecule has 0 saturated heterocycles. The summed E-state index contributed by atoms with van der Waals surface area (Å²) >= 11 is 6.00. The van der Waals surface area contributed by atoms with E-state index in [4.69, 9.17) is 11.6 Å². The van der Waals surface area contributed by atoms with Gasteiger partial charge in [-0.15, -0.1) is 0 Å². The van der Waals surface area contributed by atoms with Crippen LogP contribution in [0.25, 0.3) is 17.0 Å². The van der Waals surface area contributed by atoms with Gasteiger partial charge in [0.25, 0.3) is 11.6 Å². The number of nitrogens with zero attached hydrogens (tertiary/aromatic N) is 4. The Labute approximate surface area is 200 Å². The summed E-state index contributed by atoms with van der Waals surface area (Å²) in [5.74, 6) is -1.55. The summed E-state index contributed by atoms with van der Waals surface area (Å²) in [7, 11) is 0. The molecule has 3 heterocycles. The van der Waals surface area contributed by atoms with Crippen LogP contribution in [-0.4, -0.2) is 21.6 Å². The highest BCUT2D eigenvalue weighted by Crippen LogP contribution is 2.38. The zero-order valence-corrected chi connectivity index (χ0v) is 18.9. The Morgan fingerprint density at radius 2 is 1.53 bits per heavy atom. The lowest BCUT2D eigenvalue weighted by Gasteiger charge is -2.15. The molecule has 1 aliphatic rings. The molecule has 7 nitrogen and oxygen atoms in total. The maximum Gasteiger partial charge on any atom is 0.331 e. The molecule has 0 radical (unpaired) electrons. The monoisotopic (exact) mass is 470 g/mol. The first-order valence-electron chi connectivity index (χ1n) is 10.7. The third-order valence-electron chi connectivity index (χ3n) is 5.62. The number of benzene rings is 2. The van der Waals surface area contributed by atoms with Gasteiger partial charge >= 0.3 is 5.91 Å². The highest BCUT2D eigenvalue weighted by Gasteiger charge is 2.47. The molecule has 0 fully saturated rings. The van der Waals surface area contributed by atoms with Gasteiger partial charge < -0.3 is 5.11 Å². The first-order chi connectivity index (χ1) is 16.5. The average Bonchev–Trinajstić information content (AvgIpc) is 3.32. The Balaban J connectivity index is 1.76. The first-order valence-corrected chi connectivity index (χ1v) is 11.1. The molecule has 2 amide bonds. The minimum atomic E-state index is -0.565. The van der Waals surface area contributed by atoms with Crippen molar-refractivity contribution in [3.63, 3.8) is 0 Å². The fraction of sp³-hybridized carbons (Fsp3) is 0.0769. The molecule has 0 N–H and O–H groups in total. The van der Waals surface area contributed by atoms with Crippen LogP contribution >= 0.6 is 11.6 Å². The topological polar surface area (TPSA) is 82.1 Å². The van der Waals surface area contributed by atoms with E-state index in [1.165, 1.54) is 4.68 Å². The maximum atomic E-state index is 13.8. The standard InChI is InChI=1S/C26H19ClN4O3/c1-2-20-21(25(33)31(28-20)19-13-11-17(27)12-14-19)22-23(29-15-7-4-8-16-29)26(34)30(24(22)32)18-9-5-3-6-10-18/h3-16H,2H2,1H3. The van der Waals surface area contributed by atoms with Crippen LogP contribution in [0.3, 0.4) is 0 Å². The molecule has 0 bridgehead atoms. The minimum absolute atomic E-state index is 0.0344. The number of aromatic nitrogens is 3. The van der Waals surface area contributed by atoms with Gasteiger partial charge in [-0.1, -0.05) is 42.8 Å². The summed E-state index contributed by atoms with van der Waals surface area (Å²) in [6.45, 7) is 1.85. The van der Waals surface area contributed by atoms with E-state index in [-0.39, 0.29) is 16.8 Å². The summed E-state index contributed by atoms with van der Waals surface area (Å²) in [5, 5.41) is 18.7. The van der Waals surface area contributed by atoms with Crippen LogP contribution in [0.2, 0.25) is 5.02 Å². The van der Waals surface area contributed by atoms with Crippen molar-refractivity contribution in [2.24, 2.45) is 0 Å². The number of rotatable bonds is 5. The van der Waals surface area contributed by atoms with Crippen LogP contribution in [0.1, 0.15) is 18.2 Å². The SMILES string of the molecule is CCc1nn(-c2ccc(Cl)cc2)c([O-])c1C1=C([n+]2ccccc2)C(=O)N(c2ccccc2)C1=O. The van der Waals surface area contributed by atoms with Crippen LogP contribution < -0.4 is 14.6 Å². The molecule has 1 aliphatic heterocycles. The molecule has 0 aliphatic carbocycles. The van der Waals surface area contributed by atoms with Crippen molar-refractivity contribution in [1.82, 2.24) is 9.78 Å². The minimum Gasteiger partial charge on any atom is -0.858 e. The van der Waals surface area contributed by atoms with Crippen molar-refractivity contribution in [2.45, 2.75) is 13.3 Å². The number of anilines is 1. The summed E-state index contributed by atoms with van der Waals surface area (Å²) in [4.78, 5) is 28.5. The number of imide groups is 1. The molecule has 2 aromatic carbocycles. The quantitative estimate of drug-likeness (QED) is 0.330. The van der Waals surface area contributed by atoms with Gasteiger partial charge in [0.05, 0.1) is 17.1 Å². The van der Waals surface area contributed by atoms with Gasteiger partial charge in [-0.25, -0.2) is 9.58 Å². The maximum absolute atomic E-state index is 13.8.